The van der Waals surface area contributed by atoms with Gasteiger partial charge in [0.05, 0.1) is 24.6 Å². The van der Waals surface area contributed by atoms with E-state index in [0.717, 1.165) is 16.8 Å². The van der Waals surface area contributed by atoms with E-state index in [1.54, 1.807) is 29.3 Å². The molecular weight excluding hydrogens is 366 g/mol. The Morgan fingerprint density at radius 2 is 1.85 bits per heavy atom. The molecular formula is C17H19N7O2S. The van der Waals surface area contributed by atoms with Crippen LogP contribution in [0, 0.1) is 6.92 Å². The molecule has 0 spiro atoms. The van der Waals surface area contributed by atoms with Crippen LogP contribution in [0.5, 0.6) is 0 Å². The average molecular weight is 385 g/mol. The number of aryl methyl sites for hydroxylation is 1. The van der Waals surface area contributed by atoms with Crippen molar-refractivity contribution >= 4 is 16.1 Å². The second kappa shape index (κ2) is 7.05. The molecule has 0 atom stereocenters. The topological polar surface area (TPSA) is 98.8 Å². The Morgan fingerprint density at radius 3 is 2.56 bits per heavy atom. The maximum absolute atomic E-state index is 12.4. The Bertz CT molecular complexity index is 1030. The van der Waals surface area contributed by atoms with Crippen molar-refractivity contribution in [1.29, 1.82) is 0 Å². The van der Waals surface area contributed by atoms with Gasteiger partial charge in [-0.1, -0.05) is 35.0 Å². The van der Waals surface area contributed by atoms with E-state index in [1.807, 2.05) is 31.2 Å². The van der Waals surface area contributed by atoms with Gasteiger partial charge in [-0.3, -0.25) is 0 Å². The fourth-order valence-corrected chi connectivity index (χ4v) is 4.02. The molecule has 0 aliphatic carbocycles. The van der Waals surface area contributed by atoms with Crippen molar-refractivity contribution in [1.82, 2.24) is 34.3 Å². The van der Waals surface area contributed by atoms with Gasteiger partial charge in [-0.15, -0.1) is 5.10 Å². The van der Waals surface area contributed by atoms with Crippen LogP contribution in [0.4, 0.5) is 0 Å². The number of hydrogen-bond donors (Lipinski definition) is 0. The quantitative estimate of drug-likeness (QED) is 0.630. The van der Waals surface area contributed by atoms with Crippen LogP contribution < -0.4 is 0 Å². The number of benzene rings is 1. The van der Waals surface area contributed by atoms with Crippen molar-refractivity contribution in [2.24, 2.45) is 0 Å². The molecule has 1 aliphatic heterocycles. The van der Waals surface area contributed by atoms with Gasteiger partial charge in [0.25, 0.3) is 0 Å². The molecule has 27 heavy (non-hydrogen) atoms. The first-order valence-corrected chi connectivity index (χ1v) is 10.00. The largest absolute Gasteiger partial charge is 0.246 e. The van der Waals surface area contributed by atoms with Gasteiger partial charge < -0.3 is 0 Å². The maximum Gasteiger partial charge on any atom is 0.236 e. The normalized spacial score (nSPS) is 16.0. The molecule has 2 aromatic heterocycles. The highest BCUT2D eigenvalue weighted by Gasteiger charge is 2.36. The maximum atomic E-state index is 12.4. The lowest BCUT2D eigenvalue weighted by molar-refractivity contribution is 0.191. The highest BCUT2D eigenvalue weighted by atomic mass is 32.2. The molecule has 9 nitrogen and oxygen atoms in total. The molecule has 0 amide bonds. The molecule has 0 bridgehead atoms. The zero-order valence-corrected chi connectivity index (χ0v) is 15.6. The third kappa shape index (κ3) is 3.96. The fourth-order valence-electron chi connectivity index (χ4n) is 2.75. The number of nitrogens with zero attached hydrogens (tertiary/aromatic N) is 7. The predicted octanol–water partition coefficient (Wildman–Crippen LogP) is 1.08. The summed E-state index contributed by atoms with van der Waals surface area (Å²) in [5.41, 5.74) is 2.72. The third-order valence-corrected chi connectivity index (χ3v) is 5.90. The highest BCUT2D eigenvalue weighted by molar-refractivity contribution is 7.92. The molecule has 140 valence electrons. The Morgan fingerprint density at radius 1 is 1.15 bits per heavy atom. The minimum absolute atomic E-state index is 0.0145. The smallest absolute Gasteiger partial charge is 0.236 e. The van der Waals surface area contributed by atoms with Crippen molar-refractivity contribution < 1.29 is 8.42 Å². The summed E-state index contributed by atoms with van der Waals surface area (Å²) in [7, 11) is -3.44. The molecule has 1 saturated heterocycles. The van der Waals surface area contributed by atoms with Gasteiger partial charge in [-0.05, 0) is 18.6 Å². The van der Waals surface area contributed by atoms with Gasteiger partial charge >= 0.3 is 0 Å². The zero-order chi connectivity index (χ0) is 18.9. The van der Waals surface area contributed by atoms with Gasteiger partial charge in [-0.25, -0.2) is 13.1 Å². The van der Waals surface area contributed by atoms with Crippen molar-refractivity contribution in [2.75, 3.05) is 13.1 Å². The lowest BCUT2D eigenvalue weighted by Crippen LogP contribution is -2.50. The lowest BCUT2D eigenvalue weighted by atomic mass is 10.2. The summed E-state index contributed by atoms with van der Waals surface area (Å²) in [6, 6.07) is 7.68. The van der Waals surface area contributed by atoms with E-state index in [-0.39, 0.29) is 6.04 Å². The van der Waals surface area contributed by atoms with Gasteiger partial charge in [0.1, 0.15) is 12.2 Å². The SMILES string of the molecule is Cc1ccc(/C=C/S(=O)(=O)N2CC(n3cc(Cn4nccn4)nn3)C2)cc1. The summed E-state index contributed by atoms with van der Waals surface area (Å²) in [5.74, 6) is 0. The molecule has 1 fully saturated rings. The third-order valence-electron chi connectivity index (χ3n) is 4.40. The van der Waals surface area contributed by atoms with Gasteiger partial charge in [-0.2, -0.15) is 19.3 Å². The Labute approximate surface area is 157 Å². The fraction of sp³-hybridized carbons (Fsp3) is 0.294. The van der Waals surface area contributed by atoms with Gasteiger partial charge in [0, 0.05) is 18.5 Å². The van der Waals surface area contributed by atoms with Crippen molar-refractivity contribution in [3.05, 3.63) is 65.1 Å². The molecule has 10 heteroatoms. The van der Waals surface area contributed by atoms with Crippen molar-refractivity contribution in [3.63, 3.8) is 0 Å². The van der Waals surface area contributed by atoms with Crippen LogP contribution in [0.25, 0.3) is 6.08 Å². The van der Waals surface area contributed by atoms with E-state index < -0.39 is 10.0 Å². The molecule has 4 rings (SSSR count). The summed E-state index contributed by atoms with van der Waals surface area (Å²) < 4.78 is 28.0. The van der Waals surface area contributed by atoms with Crippen LogP contribution in [0.3, 0.4) is 0 Å². The van der Waals surface area contributed by atoms with E-state index in [9.17, 15) is 8.42 Å². The highest BCUT2D eigenvalue weighted by Crippen LogP contribution is 2.24. The van der Waals surface area contributed by atoms with Crippen LogP contribution >= 0.6 is 0 Å². The van der Waals surface area contributed by atoms with Crippen LogP contribution in [0.1, 0.15) is 22.9 Å². The van der Waals surface area contributed by atoms with Crippen molar-refractivity contribution in [2.45, 2.75) is 19.5 Å². The van der Waals surface area contributed by atoms with Crippen LogP contribution in [-0.2, 0) is 16.6 Å². The first-order valence-electron chi connectivity index (χ1n) is 8.49. The van der Waals surface area contributed by atoms with E-state index in [1.165, 1.54) is 14.5 Å². The molecule has 3 aromatic rings. The average Bonchev–Trinajstić information content (AvgIpc) is 3.26. The van der Waals surface area contributed by atoms with E-state index in [0.29, 0.717) is 19.6 Å². The first-order chi connectivity index (χ1) is 13.0. The van der Waals surface area contributed by atoms with E-state index in [4.69, 9.17) is 0 Å². The molecule has 1 aliphatic rings. The molecule has 0 saturated carbocycles. The second-order valence-electron chi connectivity index (χ2n) is 6.48. The van der Waals surface area contributed by atoms with Crippen LogP contribution in [-0.4, -0.2) is 55.8 Å². The van der Waals surface area contributed by atoms with Gasteiger partial charge in [0.15, 0.2) is 0 Å². The minimum Gasteiger partial charge on any atom is -0.246 e. The Kier molecular flexibility index (Phi) is 4.58. The summed E-state index contributed by atoms with van der Waals surface area (Å²) in [5, 5.41) is 17.5. The lowest BCUT2D eigenvalue weighted by Gasteiger charge is -2.36. The standard InChI is InChI=1S/C17H19N7O2S/c1-14-2-4-15(5-3-14)6-9-27(25,26)22-12-17(13-22)23-10-16(20-21-23)11-24-18-7-8-19-24/h2-10,17H,11-13H2,1H3/b9-6+. The molecule has 0 unspecified atom stereocenters. The summed E-state index contributed by atoms with van der Waals surface area (Å²) in [6.07, 6.45) is 6.62. The summed E-state index contributed by atoms with van der Waals surface area (Å²) in [4.78, 5) is 1.52. The predicted molar refractivity (Wildman–Crippen MR) is 98.9 cm³/mol. The summed E-state index contributed by atoms with van der Waals surface area (Å²) in [6.45, 7) is 3.18. The Hall–Kier alpha value is -2.85. The zero-order valence-electron chi connectivity index (χ0n) is 14.8. The van der Waals surface area contributed by atoms with Gasteiger partial charge in [0.2, 0.25) is 10.0 Å². The number of hydrogen-bond acceptors (Lipinski definition) is 6. The Balaban J connectivity index is 1.35. The first kappa shape index (κ1) is 17.6. The molecule has 1 aromatic carbocycles. The number of sulfonamides is 1. The second-order valence-corrected chi connectivity index (χ2v) is 8.30. The molecule has 3 heterocycles. The molecule has 0 N–H and O–H groups in total. The number of rotatable bonds is 6. The summed E-state index contributed by atoms with van der Waals surface area (Å²) >= 11 is 0. The van der Waals surface area contributed by atoms with E-state index in [2.05, 4.69) is 20.5 Å². The van der Waals surface area contributed by atoms with Crippen molar-refractivity contribution in [3.8, 4) is 0 Å². The van der Waals surface area contributed by atoms with Crippen LogP contribution in [0.15, 0.2) is 48.3 Å². The number of aromatic nitrogens is 6. The van der Waals surface area contributed by atoms with E-state index >= 15 is 0 Å². The van der Waals surface area contributed by atoms with Crippen LogP contribution in [0.2, 0.25) is 0 Å². The monoisotopic (exact) mass is 385 g/mol. The minimum atomic E-state index is -3.44. The molecule has 0 radical (unpaired) electrons.